The molecule has 0 saturated heterocycles. The molecule has 0 saturated carbocycles. The molecule has 0 bridgehead atoms. The van der Waals surface area contributed by atoms with E-state index in [1.54, 1.807) is 6.20 Å². The van der Waals surface area contributed by atoms with E-state index in [9.17, 15) is 0 Å². The summed E-state index contributed by atoms with van der Waals surface area (Å²) in [5.41, 5.74) is 9.38. The average molecular weight is 304 g/mol. The van der Waals surface area contributed by atoms with Gasteiger partial charge in [-0.3, -0.25) is 0 Å². The number of nitrogens with two attached hydrogens (primary N) is 1. The molecule has 1 aromatic carbocycles. The van der Waals surface area contributed by atoms with Gasteiger partial charge in [-0.25, -0.2) is 4.98 Å². The molecule has 3 rings (SSSR count). The summed E-state index contributed by atoms with van der Waals surface area (Å²) in [7, 11) is 0. The van der Waals surface area contributed by atoms with Crippen molar-refractivity contribution in [2.24, 2.45) is 0 Å². The number of anilines is 3. The summed E-state index contributed by atoms with van der Waals surface area (Å²) in [4.78, 5) is 6.66. The highest BCUT2D eigenvalue weighted by molar-refractivity contribution is 9.10. The maximum absolute atomic E-state index is 6.08. The molecule has 4 heteroatoms. The third-order valence-electron chi connectivity index (χ3n) is 3.23. The van der Waals surface area contributed by atoms with Crippen LogP contribution in [0.3, 0.4) is 0 Å². The molecule has 92 valence electrons. The largest absolute Gasteiger partial charge is 0.396 e. The molecule has 2 aromatic rings. The summed E-state index contributed by atoms with van der Waals surface area (Å²) >= 11 is 3.39. The van der Waals surface area contributed by atoms with Gasteiger partial charge in [0.15, 0.2) is 5.82 Å². The Morgan fingerprint density at radius 1 is 1.28 bits per heavy atom. The van der Waals surface area contributed by atoms with Crippen molar-refractivity contribution in [1.29, 1.82) is 0 Å². The first-order valence-corrected chi connectivity index (χ1v) is 6.81. The Morgan fingerprint density at radius 2 is 2.11 bits per heavy atom. The minimum Gasteiger partial charge on any atom is -0.396 e. The predicted molar refractivity (Wildman–Crippen MR) is 78.1 cm³/mol. The van der Waals surface area contributed by atoms with E-state index in [2.05, 4.69) is 50.1 Å². The van der Waals surface area contributed by atoms with Crippen molar-refractivity contribution in [3.05, 3.63) is 46.6 Å². The van der Waals surface area contributed by atoms with Gasteiger partial charge in [-0.1, -0.05) is 18.2 Å². The standard InChI is InChI=1S/C14H14BrN3/c15-11-8-12(16)14(17-9-11)18-7-3-5-10-4-1-2-6-13(10)18/h1-2,4,6,8-9H,3,5,7,16H2. The van der Waals surface area contributed by atoms with E-state index in [1.807, 2.05) is 6.07 Å². The number of rotatable bonds is 1. The lowest BCUT2D eigenvalue weighted by molar-refractivity contribution is 0.760. The van der Waals surface area contributed by atoms with E-state index in [1.165, 1.54) is 11.3 Å². The van der Waals surface area contributed by atoms with Crippen LogP contribution in [0, 0.1) is 0 Å². The molecule has 18 heavy (non-hydrogen) atoms. The number of hydrogen-bond donors (Lipinski definition) is 1. The Labute approximate surface area is 115 Å². The smallest absolute Gasteiger partial charge is 0.156 e. The van der Waals surface area contributed by atoms with Crippen molar-refractivity contribution in [3.8, 4) is 0 Å². The maximum atomic E-state index is 6.08. The SMILES string of the molecule is Nc1cc(Br)cnc1N1CCCc2ccccc21. The summed E-state index contributed by atoms with van der Waals surface area (Å²) in [5.74, 6) is 0.852. The van der Waals surface area contributed by atoms with Gasteiger partial charge >= 0.3 is 0 Å². The second-order valence-electron chi connectivity index (χ2n) is 4.45. The van der Waals surface area contributed by atoms with E-state index >= 15 is 0 Å². The number of aromatic nitrogens is 1. The fourth-order valence-corrected chi connectivity index (χ4v) is 2.78. The van der Waals surface area contributed by atoms with Gasteiger partial charge in [-0.05, 0) is 46.5 Å². The van der Waals surface area contributed by atoms with Crippen LogP contribution in [0.15, 0.2) is 41.0 Å². The zero-order valence-electron chi connectivity index (χ0n) is 9.94. The van der Waals surface area contributed by atoms with E-state index in [0.29, 0.717) is 5.69 Å². The summed E-state index contributed by atoms with van der Waals surface area (Å²) in [6, 6.07) is 10.4. The van der Waals surface area contributed by atoms with E-state index < -0.39 is 0 Å². The van der Waals surface area contributed by atoms with Gasteiger partial charge in [0.05, 0.1) is 5.69 Å². The number of nitrogen functional groups attached to an aromatic ring is 1. The molecular formula is C14H14BrN3. The molecule has 1 aliphatic rings. The zero-order chi connectivity index (χ0) is 12.5. The second-order valence-corrected chi connectivity index (χ2v) is 5.37. The van der Waals surface area contributed by atoms with Gasteiger partial charge in [-0.2, -0.15) is 0 Å². The molecule has 1 aliphatic heterocycles. The molecule has 0 atom stereocenters. The molecule has 0 amide bonds. The Kier molecular flexibility index (Phi) is 2.96. The van der Waals surface area contributed by atoms with Crippen LogP contribution >= 0.6 is 15.9 Å². The number of halogens is 1. The average Bonchev–Trinajstić information content (AvgIpc) is 2.38. The van der Waals surface area contributed by atoms with Crippen LogP contribution in [0.5, 0.6) is 0 Å². The molecule has 2 N–H and O–H groups in total. The number of nitrogens with zero attached hydrogens (tertiary/aromatic N) is 2. The molecule has 1 aromatic heterocycles. The third-order valence-corrected chi connectivity index (χ3v) is 3.66. The van der Waals surface area contributed by atoms with Gasteiger partial charge in [0.1, 0.15) is 0 Å². The summed E-state index contributed by atoms with van der Waals surface area (Å²) in [6.07, 6.45) is 4.06. The van der Waals surface area contributed by atoms with Crippen LogP contribution in [-0.2, 0) is 6.42 Å². The highest BCUT2D eigenvalue weighted by Crippen LogP contribution is 2.35. The first-order chi connectivity index (χ1) is 8.75. The van der Waals surface area contributed by atoms with E-state index in [-0.39, 0.29) is 0 Å². The lowest BCUT2D eigenvalue weighted by atomic mass is 10.0. The van der Waals surface area contributed by atoms with Crippen molar-refractivity contribution in [1.82, 2.24) is 4.98 Å². The highest BCUT2D eigenvalue weighted by Gasteiger charge is 2.20. The first kappa shape index (κ1) is 11.5. The van der Waals surface area contributed by atoms with Gasteiger partial charge < -0.3 is 10.6 Å². The highest BCUT2D eigenvalue weighted by atomic mass is 79.9. The minimum absolute atomic E-state index is 0.709. The molecule has 0 radical (unpaired) electrons. The third kappa shape index (κ3) is 1.97. The van der Waals surface area contributed by atoms with Gasteiger partial charge in [0.25, 0.3) is 0 Å². The topological polar surface area (TPSA) is 42.1 Å². The van der Waals surface area contributed by atoms with Crippen molar-refractivity contribution in [2.75, 3.05) is 17.2 Å². The predicted octanol–water partition coefficient (Wildman–Crippen LogP) is 3.51. The molecule has 2 heterocycles. The van der Waals surface area contributed by atoms with Gasteiger partial charge in [0.2, 0.25) is 0 Å². The number of aryl methyl sites for hydroxylation is 1. The second kappa shape index (κ2) is 4.61. The number of fused-ring (bicyclic) bond motifs is 1. The normalized spacial score (nSPS) is 14.4. The zero-order valence-corrected chi connectivity index (χ0v) is 11.5. The maximum Gasteiger partial charge on any atom is 0.156 e. The number of pyridine rings is 1. The number of hydrogen-bond acceptors (Lipinski definition) is 3. The fourth-order valence-electron chi connectivity index (χ4n) is 2.43. The van der Waals surface area contributed by atoms with Gasteiger partial charge in [-0.15, -0.1) is 0 Å². The molecule has 0 spiro atoms. The van der Waals surface area contributed by atoms with Crippen molar-refractivity contribution < 1.29 is 0 Å². The Morgan fingerprint density at radius 3 is 2.94 bits per heavy atom. The van der Waals surface area contributed by atoms with Crippen LogP contribution in [0.2, 0.25) is 0 Å². The van der Waals surface area contributed by atoms with E-state index in [4.69, 9.17) is 5.73 Å². The summed E-state index contributed by atoms with van der Waals surface area (Å²) < 4.78 is 0.911. The Bertz CT molecular complexity index is 583. The van der Waals surface area contributed by atoms with Crippen LogP contribution in [0.1, 0.15) is 12.0 Å². The Balaban J connectivity index is 2.08. The molecule has 0 unspecified atom stereocenters. The van der Waals surface area contributed by atoms with E-state index in [0.717, 1.165) is 29.7 Å². The van der Waals surface area contributed by atoms with Crippen molar-refractivity contribution in [2.45, 2.75) is 12.8 Å². The van der Waals surface area contributed by atoms with Crippen LogP contribution in [-0.4, -0.2) is 11.5 Å². The quantitative estimate of drug-likeness (QED) is 0.876. The van der Waals surface area contributed by atoms with Crippen LogP contribution < -0.4 is 10.6 Å². The van der Waals surface area contributed by atoms with Crippen molar-refractivity contribution in [3.63, 3.8) is 0 Å². The lowest BCUT2D eigenvalue weighted by Gasteiger charge is -2.31. The van der Waals surface area contributed by atoms with Crippen LogP contribution in [0.25, 0.3) is 0 Å². The van der Waals surface area contributed by atoms with Crippen molar-refractivity contribution >= 4 is 33.1 Å². The minimum atomic E-state index is 0.709. The fraction of sp³-hybridized carbons (Fsp3) is 0.214. The summed E-state index contributed by atoms with van der Waals surface area (Å²) in [6.45, 7) is 0.968. The number of para-hydroxylation sites is 1. The molecule has 3 nitrogen and oxygen atoms in total. The molecule has 0 fully saturated rings. The van der Waals surface area contributed by atoms with Crippen LogP contribution in [0.4, 0.5) is 17.2 Å². The number of benzene rings is 1. The summed E-state index contributed by atoms with van der Waals surface area (Å²) in [5, 5.41) is 0. The lowest BCUT2D eigenvalue weighted by Crippen LogP contribution is -2.26. The monoisotopic (exact) mass is 303 g/mol. The first-order valence-electron chi connectivity index (χ1n) is 6.02. The Hall–Kier alpha value is -1.55. The molecule has 0 aliphatic carbocycles. The van der Waals surface area contributed by atoms with Gasteiger partial charge in [0, 0.05) is 22.9 Å². The molecular weight excluding hydrogens is 290 g/mol.